The predicted molar refractivity (Wildman–Crippen MR) is 145 cm³/mol. The number of rotatable bonds is 7. The zero-order chi connectivity index (χ0) is 25.8. The molecule has 0 saturated heterocycles. The monoisotopic (exact) mass is 513 g/mol. The number of amides is 1. The molecule has 5 rings (SSSR count). The number of carbonyl (C=O) groups excluding carboxylic acids is 1. The maximum Gasteiger partial charge on any atom is 0.250 e. The van der Waals surface area contributed by atoms with Crippen molar-refractivity contribution in [1.82, 2.24) is 14.8 Å². The molecule has 2 N–H and O–H groups in total. The minimum atomic E-state index is -0.342. The lowest BCUT2D eigenvalue weighted by Gasteiger charge is -2.24. The van der Waals surface area contributed by atoms with Crippen LogP contribution in [0.1, 0.15) is 22.7 Å². The number of methoxy groups -OCH3 is 2. The summed E-state index contributed by atoms with van der Waals surface area (Å²) in [6.07, 6.45) is 5.21. The summed E-state index contributed by atoms with van der Waals surface area (Å²) in [5, 5.41) is 11.3. The lowest BCUT2D eigenvalue weighted by Crippen LogP contribution is -2.20. The topological polar surface area (TPSA) is 90.3 Å². The Bertz CT molecular complexity index is 1460. The fourth-order valence-corrected chi connectivity index (χ4v) is 4.05. The van der Waals surface area contributed by atoms with Gasteiger partial charge in [0.2, 0.25) is 5.95 Å². The molecule has 9 heteroatoms. The van der Waals surface area contributed by atoms with E-state index in [0.717, 1.165) is 33.9 Å². The van der Waals surface area contributed by atoms with Crippen molar-refractivity contribution in [2.24, 2.45) is 0 Å². The summed E-state index contributed by atoms with van der Waals surface area (Å²) < 4.78 is 12.2. The Hall–Kier alpha value is -4.56. The second kappa shape index (κ2) is 10.6. The molecule has 0 fully saturated rings. The first-order chi connectivity index (χ1) is 18.0. The van der Waals surface area contributed by atoms with Gasteiger partial charge in [-0.2, -0.15) is 4.98 Å². The van der Waals surface area contributed by atoms with Crippen LogP contribution in [0, 0.1) is 0 Å². The highest BCUT2D eigenvalue weighted by Gasteiger charge is 2.25. The summed E-state index contributed by atoms with van der Waals surface area (Å²) in [7, 11) is 3.24. The largest absolute Gasteiger partial charge is 0.497 e. The Kier molecular flexibility index (Phi) is 6.91. The van der Waals surface area contributed by atoms with Gasteiger partial charge in [0, 0.05) is 16.8 Å². The van der Waals surface area contributed by atoms with E-state index in [2.05, 4.69) is 26.8 Å². The molecule has 1 aliphatic rings. The predicted octanol–water partition coefficient (Wildman–Crippen LogP) is 5.66. The van der Waals surface area contributed by atoms with Crippen LogP contribution in [-0.4, -0.2) is 34.9 Å². The van der Waals surface area contributed by atoms with E-state index >= 15 is 0 Å². The van der Waals surface area contributed by atoms with Crippen molar-refractivity contribution in [3.63, 3.8) is 0 Å². The van der Waals surface area contributed by atoms with E-state index in [4.69, 9.17) is 21.1 Å². The van der Waals surface area contributed by atoms with Crippen LogP contribution in [0.5, 0.6) is 11.5 Å². The van der Waals surface area contributed by atoms with Gasteiger partial charge >= 0.3 is 0 Å². The fourth-order valence-electron chi connectivity index (χ4n) is 3.92. The molecule has 0 bridgehead atoms. The number of hydrogen-bond acceptors (Lipinski definition) is 6. The number of carbonyl (C=O) groups is 1. The molecule has 1 atom stereocenters. The molecule has 8 nitrogen and oxygen atoms in total. The Balaban J connectivity index is 1.41. The SMILES string of the molecule is COc1ccc(/C=C/C(=O)Nc2nc3n(n2)C(c2ccc(OC)cc2)C=C(c2ccc(Cl)cc2)N3)cc1. The zero-order valence-corrected chi connectivity index (χ0v) is 20.9. The molecule has 1 amide bonds. The summed E-state index contributed by atoms with van der Waals surface area (Å²) in [4.78, 5) is 17.1. The Labute approximate surface area is 219 Å². The number of aromatic nitrogens is 3. The van der Waals surface area contributed by atoms with Gasteiger partial charge in [0.25, 0.3) is 11.9 Å². The van der Waals surface area contributed by atoms with Crippen molar-refractivity contribution in [3.05, 3.63) is 107 Å². The molecule has 0 radical (unpaired) electrons. The number of allylic oxidation sites excluding steroid dienone is 1. The number of halogens is 1. The molecule has 1 unspecified atom stereocenters. The first-order valence-corrected chi connectivity index (χ1v) is 11.9. The molecule has 2 heterocycles. The highest BCUT2D eigenvalue weighted by molar-refractivity contribution is 6.30. The number of benzene rings is 3. The average molecular weight is 514 g/mol. The third-order valence-electron chi connectivity index (χ3n) is 5.86. The van der Waals surface area contributed by atoms with Crippen LogP contribution < -0.4 is 20.1 Å². The molecule has 3 aromatic carbocycles. The van der Waals surface area contributed by atoms with Crippen molar-refractivity contribution in [3.8, 4) is 11.5 Å². The summed E-state index contributed by atoms with van der Waals surface area (Å²) in [5.41, 5.74) is 3.66. The lowest BCUT2D eigenvalue weighted by molar-refractivity contribution is -0.111. The van der Waals surface area contributed by atoms with Gasteiger partial charge < -0.3 is 14.8 Å². The van der Waals surface area contributed by atoms with Gasteiger partial charge in [-0.1, -0.05) is 48.0 Å². The maximum atomic E-state index is 12.6. The van der Waals surface area contributed by atoms with Crippen molar-refractivity contribution in [2.75, 3.05) is 24.9 Å². The first kappa shape index (κ1) is 24.1. The minimum absolute atomic E-state index is 0.191. The van der Waals surface area contributed by atoms with Crippen LogP contribution in [0.15, 0.2) is 84.9 Å². The van der Waals surface area contributed by atoms with E-state index < -0.39 is 0 Å². The van der Waals surface area contributed by atoms with Crippen LogP contribution >= 0.6 is 11.6 Å². The summed E-state index contributed by atoms with van der Waals surface area (Å²) in [6.45, 7) is 0. The highest BCUT2D eigenvalue weighted by atomic mass is 35.5. The Morgan fingerprint density at radius 3 is 2.27 bits per heavy atom. The molecular weight excluding hydrogens is 490 g/mol. The van der Waals surface area contributed by atoms with Gasteiger partial charge in [0.1, 0.15) is 17.5 Å². The molecule has 1 aromatic heterocycles. The molecule has 0 saturated carbocycles. The van der Waals surface area contributed by atoms with E-state index in [9.17, 15) is 4.79 Å². The van der Waals surface area contributed by atoms with Gasteiger partial charge in [-0.25, -0.2) is 4.68 Å². The van der Waals surface area contributed by atoms with Gasteiger partial charge in [-0.3, -0.25) is 10.1 Å². The van der Waals surface area contributed by atoms with Gasteiger partial charge in [-0.05, 0) is 65.2 Å². The Morgan fingerprint density at radius 2 is 1.62 bits per heavy atom. The van der Waals surface area contributed by atoms with Crippen molar-refractivity contribution < 1.29 is 14.3 Å². The summed E-state index contributed by atoms with van der Waals surface area (Å²) >= 11 is 6.09. The van der Waals surface area contributed by atoms with Crippen LogP contribution in [0.4, 0.5) is 11.9 Å². The van der Waals surface area contributed by atoms with Crippen LogP contribution in [0.3, 0.4) is 0 Å². The third kappa shape index (κ3) is 5.49. The lowest BCUT2D eigenvalue weighted by atomic mass is 10.0. The standard InChI is InChI=1S/C28H24ClN5O3/c1-36-22-12-3-18(4-13-22)5-16-26(35)31-27-32-28-30-24(19-6-10-21(29)11-7-19)17-25(34(28)33-27)20-8-14-23(37-2)15-9-20/h3-17,25H,1-2H3,(H2,30,31,32,33,35)/b16-5+. The van der Waals surface area contributed by atoms with Crippen LogP contribution in [0.25, 0.3) is 11.8 Å². The molecule has 1 aliphatic heterocycles. The number of nitrogens with zero attached hydrogens (tertiary/aromatic N) is 3. The average Bonchev–Trinajstić information content (AvgIpc) is 3.34. The van der Waals surface area contributed by atoms with Crippen molar-refractivity contribution >= 4 is 41.2 Å². The van der Waals surface area contributed by atoms with Gasteiger partial charge in [-0.15, -0.1) is 5.10 Å². The van der Waals surface area contributed by atoms with Crippen molar-refractivity contribution in [2.45, 2.75) is 6.04 Å². The first-order valence-electron chi connectivity index (χ1n) is 11.5. The van der Waals surface area contributed by atoms with E-state index in [-0.39, 0.29) is 17.9 Å². The smallest absolute Gasteiger partial charge is 0.250 e. The Morgan fingerprint density at radius 1 is 0.973 bits per heavy atom. The number of nitrogens with one attached hydrogen (secondary N) is 2. The molecule has 0 aliphatic carbocycles. The van der Waals surface area contributed by atoms with Crippen LogP contribution in [0.2, 0.25) is 5.02 Å². The van der Waals surface area contributed by atoms with Crippen LogP contribution in [-0.2, 0) is 4.79 Å². The number of ether oxygens (including phenoxy) is 2. The van der Waals surface area contributed by atoms with Crippen molar-refractivity contribution in [1.29, 1.82) is 0 Å². The molecule has 186 valence electrons. The molecule has 0 spiro atoms. The minimum Gasteiger partial charge on any atom is -0.497 e. The molecule has 37 heavy (non-hydrogen) atoms. The third-order valence-corrected chi connectivity index (χ3v) is 6.11. The number of fused-ring (bicyclic) bond motifs is 1. The highest BCUT2D eigenvalue weighted by Crippen LogP contribution is 2.34. The summed E-state index contributed by atoms with van der Waals surface area (Å²) in [6, 6.07) is 22.4. The second-order valence-corrected chi connectivity index (χ2v) is 8.67. The zero-order valence-electron chi connectivity index (χ0n) is 20.2. The van der Waals surface area contributed by atoms with Gasteiger partial charge in [0.15, 0.2) is 0 Å². The van der Waals surface area contributed by atoms with E-state index in [1.807, 2.05) is 72.8 Å². The fraction of sp³-hybridized carbons (Fsp3) is 0.107. The normalized spacial score (nSPS) is 14.5. The van der Waals surface area contributed by atoms with E-state index in [1.165, 1.54) is 6.08 Å². The molecule has 4 aromatic rings. The van der Waals surface area contributed by atoms with Gasteiger partial charge in [0.05, 0.1) is 14.2 Å². The maximum absolute atomic E-state index is 12.6. The number of hydrogen-bond donors (Lipinski definition) is 2. The van der Waals surface area contributed by atoms with E-state index in [0.29, 0.717) is 11.0 Å². The van der Waals surface area contributed by atoms with E-state index in [1.54, 1.807) is 25.0 Å². The molecular formula is C28H24ClN5O3. The second-order valence-electron chi connectivity index (χ2n) is 8.23. The number of anilines is 2. The quantitative estimate of drug-likeness (QED) is 0.310. The summed E-state index contributed by atoms with van der Waals surface area (Å²) in [5.74, 6) is 1.86.